The summed E-state index contributed by atoms with van der Waals surface area (Å²) in [6.07, 6.45) is 1.76. The summed E-state index contributed by atoms with van der Waals surface area (Å²) < 4.78 is 2.95. The third-order valence-corrected chi connectivity index (χ3v) is 5.85. The van der Waals surface area contributed by atoms with Crippen LogP contribution in [0, 0.1) is 5.41 Å². The highest BCUT2D eigenvalue weighted by molar-refractivity contribution is 9.12. The van der Waals surface area contributed by atoms with Gasteiger partial charge in [0.05, 0.1) is 16.0 Å². The minimum absolute atomic E-state index is 0.0434. The zero-order valence-electron chi connectivity index (χ0n) is 19.7. The molecule has 0 radical (unpaired) electrons. The van der Waals surface area contributed by atoms with Crippen molar-refractivity contribution >= 4 is 73.4 Å². The number of amidine groups is 1. The molecule has 7 N–H and O–H groups in total. The molecule has 0 aliphatic heterocycles. The number of hydrogen-bond acceptors (Lipinski definition) is 8. The number of thiazole rings is 1. The van der Waals surface area contributed by atoms with E-state index in [2.05, 4.69) is 53.9 Å². The lowest BCUT2D eigenvalue weighted by molar-refractivity contribution is -0.112. The standard InChI is InChI=1S/C21H23BrN10O4S/c1-10(22)17(33)29-21-27-12(9-37-21)18(34)26-11-6-13(31(2)8-11)20(36)28-16-7-14(32(3)30-16)19(35)25-5-4-15(23)24/h6-9H,1,4-5H2,2-3H3,(H3,23,24)(H,25,35)(H,26,34)(H,27,29,33)(H,28,30,36). The second-order valence-corrected chi connectivity index (χ2v) is 9.41. The number of rotatable bonds is 10. The van der Waals surface area contributed by atoms with E-state index in [1.54, 1.807) is 20.3 Å². The van der Waals surface area contributed by atoms with E-state index < -0.39 is 23.6 Å². The molecule has 0 saturated heterocycles. The summed E-state index contributed by atoms with van der Waals surface area (Å²) in [5.74, 6) is -1.84. The first-order valence-electron chi connectivity index (χ1n) is 10.5. The zero-order valence-corrected chi connectivity index (χ0v) is 22.1. The fourth-order valence-electron chi connectivity index (χ4n) is 2.98. The van der Waals surface area contributed by atoms with Crippen LogP contribution in [0.15, 0.2) is 34.8 Å². The molecule has 0 fully saturated rings. The summed E-state index contributed by atoms with van der Waals surface area (Å²) in [6, 6.07) is 2.88. The summed E-state index contributed by atoms with van der Waals surface area (Å²) in [6.45, 7) is 3.66. The number of carbonyl (C=O) groups is 4. The van der Waals surface area contributed by atoms with Gasteiger partial charge in [0, 0.05) is 44.7 Å². The number of amides is 4. The lowest BCUT2D eigenvalue weighted by Crippen LogP contribution is -2.29. The number of aromatic nitrogens is 4. The Morgan fingerprint density at radius 1 is 1.11 bits per heavy atom. The van der Waals surface area contributed by atoms with Crippen molar-refractivity contribution in [2.45, 2.75) is 6.42 Å². The van der Waals surface area contributed by atoms with Gasteiger partial charge in [-0.2, -0.15) is 5.10 Å². The third kappa shape index (κ3) is 7.11. The molecular formula is C21H23BrN10O4S. The number of nitrogens with one attached hydrogen (secondary N) is 5. The maximum absolute atomic E-state index is 12.8. The molecule has 0 bridgehead atoms. The minimum atomic E-state index is -0.530. The predicted molar refractivity (Wildman–Crippen MR) is 142 cm³/mol. The van der Waals surface area contributed by atoms with E-state index in [0.29, 0.717) is 5.69 Å². The summed E-state index contributed by atoms with van der Waals surface area (Å²) in [4.78, 5) is 53.4. The lowest BCUT2D eigenvalue weighted by Gasteiger charge is -2.03. The van der Waals surface area contributed by atoms with Gasteiger partial charge in [-0.1, -0.05) is 6.58 Å². The van der Waals surface area contributed by atoms with E-state index in [4.69, 9.17) is 11.1 Å². The second-order valence-electron chi connectivity index (χ2n) is 7.60. The SMILES string of the molecule is C=C(Br)C(=O)Nc1nc(C(=O)Nc2cc(C(=O)Nc3cc(C(=O)NCCC(=N)N)n(C)n3)n(C)c2)cs1. The smallest absolute Gasteiger partial charge is 0.275 e. The highest BCUT2D eigenvalue weighted by Gasteiger charge is 2.19. The van der Waals surface area contributed by atoms with E-state index in [1.807, 2.05) is 0 Å². The Kier molecular flexibility index (Phi) is 8.56. The molecule has 37 heavy (non-hydrogen) atoms. The molecule has 3 heterocycles. The van der Waals surface area contributed by atoms with Gasteiger partial charge in [-0.15, -0.1) is 11.3 Å². The van der Waals surface area contributed by atoms with Gasteiger partial charge in [-0.05, 0) is 22.0 Å². The maximum Gasteiger partial charge on any atom is 0.275 e. The van der Waals surface area contributed by atoms with Crippen molar-refractivity contribution in [1.29, 1.82) is 5.41 Å². The highest BCUT2D eigenvalue weighted by atomic mass is 79.9. The van der Waals surface area contributed by atoms with Crippen LogP contribution >= 0.6 is 27.3 Å². The number of aryl methyl sites for hydroxylation is 2. The quantitative estimate of drug-likeness (QED) is 0.117. The van der Waals surface area contributed by atoms with Gasteiger partial charge in [0.25, 0.3) is 23.6 Å². The Hall–Kier alpha value is -4.31. The molecule has 16 heteroatoms. The Labute approximate surface area is 222 Å². The number of nitrogens with two attached hydrogens (primary N) is 1. The van der Waals surface area contributed by atoms with Crippen molar-refractivity contribution in [2.24, 2.45) is 19.8 Å². The molecule has 0 spiro atoms. The van der Waals surface area contributed by atoms with Crippen LogP contribution in [0.1, 0.15) is 37.9 Å². The summed E-state index contributed by atoms with van der Waals surface area (Å²) in [5.41, 5.74) is 6.13. The first kappa shape index (κ1) is 27.3. The van der Waals surface area contributed by atoms with E-state index in [0.717, 1.165) is 11.3 Å². The van der Waals surface area contributed by atoms with Gasteiger partial charge < -0.3 is 26.3 Å². The summed E-state index contributed by atoms with van der Waals surface area (Å²) in [7, 11) is 3.18. The first-order valence-corrected chi connectivity index (χ1v) is 12.2. The van der Waals surface area contributed by atoms with Gasteiger partial charge in [-0.3, -0.25) is 34.6 Å². The van der Waals surface area contributed by atoms with E-state index in [1.165, 1.54) is 26.8 Å². The molecule has 4 amide bonds. The topological polar surface area (TPSA) is 202 Å². The molecular weight excluding hydrogens is 568 g/mol. The van der Waals surface area contributed by atoms with Gasteiger partial charge in [0.15, 0.2) is 10.9 Å². The van der Waals surface area contributed by atoms with Crippen LogP contribution in [-0.2, 0) is 18.9 Å². The largest absolute Gasteiger partial charge is 0.388 e. The molecule has 3 aromatic heterocycles. The fourth-order valence-corrected chi connectivity index (χ4v) is 3.76. The molecule has 0 aromatic carbocycles. The maximum atomic E-state index is 12.8. The number of anilines is 3. The van der Waals surface area contributed by atoms with E-state index in [-0.39, 0.29) is 51.3 Å². The van der Waals surface area contributed by atoms with Crippen LogP contribution in [0.3, 0.4) is 0 Å². The average Bonchev–Trinajstić information content (AvgIpc) is 3.52. The Morgan fingerprint density at radius 2 is 1.84 bits per heavy atom. The number of hydrogen-bond donors (Lipinski definition) is 6. The molecule has 0 atom stereocenters. The van der Waals surface area contributed by atoms with Crippen LogP contribution in [0.25, 0.3) is 0 Å². The van der Waals surface area contributed by atoms with Crippen LogP contribution in [0.5, 0.6) is 0 Å². The lowest BCUT2D eigenvalue weighted by atomic mass is 10.3. The molecule has 3 aromatic rings. The Balaban J connectivity index is 1.63. The zero-order chi connectivity index (χ0) is 27.3. The van der Waals surface area contributed by atoms with Crippen molar-refractivity contribution in [3.05, 3.63) is 51.9 Å². The second kappa shape index (κ2) is 11.6. The van der Waals surface area contributed by atoms with Crippen molar-refractivity contribution in [3.63, 3.8) is 0 Å². The van der Waals surface area contributed by atoms with Gasteiger partial charge in [0.1, 0.15) is 17.1 Å². The number of carbonyl (C=O) groups excluding carboxylic acids is 4. The third-order valence-electron chi connectivity index (χ3n) is 4.73. The van der Waals surface area contributed by atoms with Gasteiger partial charge in [-0.25, -0.2) is 4.98 Å². The molecule has 3 rings (SSSR count). The first-order chi connectivity index (χ1) is 17.4. The number of nitrogens with zero attached hydrogens (tertiary/aromatic N) is 4. The normalized spacial score (nSPS) is 10.5. The molecule has 0 saturated carbocycles. The van der Waals surface area contributed by atoms with Crippen LogP contribution < -0.4 is 27.0 Å². The van der Waals surface area contributed by atoms with Crippen molar-refractivity contribution in [3.8, 4) is 0 Å². The fraction of sp³-hybridized carbons (Fsp3) is 0.190. The van der Waals surface area contributed by atoms with E-state index >= 15 is 0 Å². The van der Waals surface area contributed by atoms with Crippen molar-refractivity contribution < 1.29 is 19.2 Å². The van der Waals surface area contributed by atoms with Crippen LogP contribution in [0.4, 0.5) is 16.6 Å². The predicted octanol–water partition coefficient (Wildman–Crippen LogP) is 1.62. The Bertz CT molecular complexity index is 1410. The van der Waals surface area contributed by atoms with Crippen LogP contribution in [0.2, 0.25) is 0 Å². The number of halogens is 1. The minimum Gasteiger partial charge on any atom is -0.388 e. The monoisotopic (exact) mass is 590 g/mol. The molecule has 0 unspecified atom stereocenters. The molecule has 194 valence electrons. The Morgan fingerprint density at radius 3 is 2.51 bits per heavy atom. The summed E-state index contributed by atoms with van der Waals surface area (Å²) >= 11 is 4.04. The van der Waals surface area contributed by atoms with Crippen LogP contribution in [-0.4, -0.2) is 55.3 Å². The van der Waals surface area contributed by atoms with E-state index in [9.17, 15) is 19.2 Å². The summed E-state index contributed by atoms with van der Waals surface area (Å²) in [5, 5.41) is 23.4. The molecule has 0 aliphatic carbocycles. The van der Waals surface area contributed by atoms with Crippen molar-refractivity contribution in [1.82, 2.24) is 24.6 Å². The molecule has 14 nitrogen and oxygen atoms in total. The molecule has 0 aliphatic rings. The highest BCUT2D eigenvalue weighted by Crippen LogP contribution is 2.20. The average molecular weight is 591 g/mol. The van der Waals surface area contributed by atoms with Gasteiger partial charge >= 0.3 is 0 Å². The van der Waals surface area contributed by atoms with Crippen molar-refractivity contribution in [2.75, 3.05) is 22.5 Å². The van der Waals surface area contributed by atoms with Gasteiger partial charge in [0.2, 0.25) is 0 Å².